The summed E-state index contributed by atoms with van der Waals surface area (Å²) in [5.41, 5.74) is 5.42. The number of nitriles is 1. The summed E-state index contributed by atoms with van der Waals surface area (Å²) in [6.07, 6.45) is 0. The molecule has 0 saturated carbocycles. The van der Waals surface area contributed by atoms with E-state index < -0.39 is 0 Å². The van der Waals surface area contributed by atoms with Crippen LogP contribution in [0.3, 0.4) is 0 Å². The van der Waals surface area contributed by atoms with Gasteiger partial charge in [-0.2, -0.15) is 5.26 Å². The SMILES string of the molecule is Cc1ccc(C(C#N)c2ccc3c(c2)c(-c2cccc(Cl)c2)cc(=O)n3C)cc1. The van der Waals surface area contributed by atoms with Crippen LogP contribution in [0.15, 0.2) is 77.6 Å². The number of nitrogens with zero attached hydrogens (tertiary/aromatic N) is 2. The van der Waals surface area contributed by atoms with E-state index in [0.717, 1.165) is 38.7 Å². The van der Waals surface area contributed by atoms with Gasteiger partial charge in [-0.15, -0.1) is 0 Å². The zero-order chi connectivity index (χ0) is 20.5. The fraction of sp³-hybridized carbons (Fsp3) is 0.120. The summed E-state index contributed by atoms with van der Waals surface area (Å²) in [5, 5.41) is 11.4. The number of pyridine rings is 1. The maximum Gasteiger partial charge on any atom is 0.251 e. The molecule has 0 amide bonds. The standard InChI is InChI=1S/C25H19ClN2O/c1-16-6-8-17(9-7-16)23(15-27)19-10-11-24-22(13-19)21(14-25(29)28(24)2)18-4-3-5-20(26)12-18/h3-14,23H,1-2H3. The highest BCUT2D eigenvalue weighted by Crippen LogP contribution is 2.32. The fourth-order valence-corrected chi connectivity index (χ4v) is 3.84. The molecule has 4 aromatic rings. The maximum atomic E-state index is 12.5. The number of rotatable bonds is 3. The lowest BCUT2D eigenvalue weighted by molar-refractivity contribution is 0.905. The zero-order valence-corrected chi connectivity index (χ0v) is 16.9. The van der Waals surface area contributed by atoms with Crippen molar-refractivity contribution in [2.45, 2.75) is 12.8 Å². The van der Waals surface area contributed by atoms with Gasteiger partial charge in [0.15, 0.2) is 0 Å². The van der Waals surface area contributed by atoms with Crippen LogP contribution >= 0.6 is 11.6 Å². The molecule has 0 saturated heterocycles. The van der Waals surface area contributed by atoms with Gasteiger partial charge in [0.25, 0.3) is 5.56 Å². The molecule has 0 radical (unpaired) electrons. The largest absolute Gasteiger partial charge is 0.311 e. The molecule has 0 aliphatic carbocycles. The topological polar surface area (TPSA) is 45.8 Å². The number of fused-ring (bicyclic) bond motifs is 1. The van der Waals surface area contributed by atoms with Gasteiger partial charge in [-0.3, -0.25) is 4.79 Å². The van der Waals surface area contributed by atoms with Crippen molar-refractivity contribution >= 4 is 22.5 Å². The quantitative estimate of drug-likeness (QED) is 0.436. The van der Waals surface area contributed by atoms with Crippen molar-refractivity contribution < 1.29 is 0 Å². The number of hydrogen-bond acceptors (Lipinski definition) is 2. The minimum atomic E-state index is -0.385. The molecule has 0 fully saturated rings. The van der Waals surface area contributed by atoms with Crippen LogP contribution in [0.1, 0.15) is 22.6 Å². The third kappa shape index (κ3) is 3.55. The summed E-state index contributed by atoms with van der Waals surface area (Å²) in [5.74, 6) is -0.385. The Morgan fingerprint density at radius 2 is 1.69 bits per heavy atom. The molecule has 0 spiro atoms. The smallest absolute Gasteiger partial charge is 0.251 e. The molecular formula is C25H19ClN2O. The Balaban J connectivity index is 1.96. The van der Waals surface area contributed by atoms with E-state index >= 15 is 0 Å². The normalized spacial score (nSPS) is 11.9. The summed E-state index contributed by atoms with van der Waals surface area (Å²) < 4.78 is 1.63. The van der Waals surface area contributed by atoms with E-state index in [4.69, 9.17) is 11.6 Å². The van der Waals surface area contributed by atoms with Crippen LogP contribution in [0.25, 0.3) is 22.0 Å². The first-order valence-electron chi connectivity index (χ1n) is 9.34. The third-order valence-electron chi connectivity index (χ3n) is 5.28. The van der Waals surface area contributed by atoms with Crippen LogP contribution < -0.4 is 5.56 Å². The van der Waals surface area contributed by atoms with Crippen molar-refractivity contribution in [3.05, 3.63) is 105 Å². The molecule has 3 nitrogen and oxygen atoms in total. The van der Waals surface area contributed by atoms with Gasteiger partial charge >= 0.3 is 0 Å². The predicted molar refractivity (Wildman–Crippen MR) is 118 cm³/mol. The fourth-order valence-electron chi connectivity index (χ4n) is 3.65. The molecule has 0 aliphatic heterocycles. The van der Waals surface area contributed by atoms with E-state index in [9.17, 15) is 10.1 Å². The molecule has 29 heavy (non-hydrogen) atoms. The molecule has 1 unspecified atom stereocenters. The second kappa shape index (κ2) is 7.58. The van der Waals surface area contributed by atoms with Crippen LogP contribution in [0.5, 0.6) is 0 Å². The Labute approximate surface area is 174 Å². The number of hydrogen-bond donors (Lipinski definition) is 0. The third-order valence-corrected chi connectivity index (χ3v) is 5.51. The zero-order valence-electron chi connectivity index (χ0n) is 16.2. The Morgan fingerprint density at radius 1 is 0.966 bits per heavy atom. The predicted octanol–water partition coefficient (Wildman–Crippen LogP) is 5.82. The van der Waals surface area contributed by atoms with Gasteiger partial charge in [-0.05, 0) is 53.4 Å². The van der Waals surface area contributed by atoms with E-state index in [1.165, 1.54) is 0 Å². The summed E-state index contributed by atoms with van der Waals surface area (Å²) in [6, 6.07) is 25.4. The second-order valence-electron chi connectivity index (χ2n) is 7.21. The molecule has 3 aromatic carbocycles. The van der Waals surface area contributed by atoms with Crippen LogP contribution in [0.4, 0.5) is 0 Å². The molecule has 1 atom stereocenters. The lowest BCUT2D eigenvalue weighted by Gasteiger charge is -2.15. The van der Waals surface area contributed by atoms with Crippen molar-refractivity contribution in [2.24, 2.45) is 7.05 Å². The summed E-state index contributed by atoms with van der Waals surface area (Å²) in [7, 11) is 1.76. The first-order chi connectivity index (χ1) is 14.0. The first-order valence-corrected chi connectivity index (χ1v) is 9.71. The maximum absolute atomic E-state index is 12.5. The highest BCUT2D eigenvalue weighted by molar-refractivity contribution is 6.30. The van der Waals surface area contributed by atoms with Gasteiger partial charge in [0.2, 0.25) is 0 Å². The molecule has 1 heterocycles. The molecule has 4 rings (SSSR count). The van der Waals surface area contributed by atoms with Gasteiger partial charge in [0, 0.05) is 23.5 Å². The average molecular weight is 399 g/mol. The number of aryl methyl sites for hydroxylation is 2. The van der Waals surface area contributed by atoms with Crippen molar-refractivity contribution in [1.29, 1.82) is 5.26 Å². The second-order valence-corrected chi connectivity index (χ2v) is 7.65. The van der Waals surface area contributed by atoms with Gasteiger partial charge < -0.3 is 4.57 Å². The average Bonchev–Trinajstić information content (AvgIpc) is 2.72. The van der Waals surface area contributed by atoms with E-state index in [2.05, 4.69) is 6.07 Å². The first kappa shape index (κ1) is 19.0. The molecule has 1 aromatic heterocycles. The Hall–Kier alpha value is -3.35. The highest BCUT2D eigenvalue weighted by atomic mass is 35.5. The molecule has 4 heteroatoms. The molecule has 142 valence electrons. The lowest BCUT2D eigenvalue weighted by Crippen LogP contribution is -2.16. The van der Waals surface area contributed by atoms with Crippen LogP contribution in [-0.4, -0.2) is 4.57 Å². The van der Waals surface area contributed by atoms with Gasteiger partial charge in [0.1, 0.15) is 0 Å². The van der Waals surface area contributed by atoms with Crippen molar-refractivity contribution in [3.8, 4) is 17.2 Å². The van der Waals surface area contributed by atoms with Gasteiger partial charge in [-0.1, -0.05) is 59.6 Å². The number of aromatic nitrogens is 1. The van der Waals surface area contributed by atoms with Crippen LogP contribution in [0, 0.1) is 18.3 Å². The van der Waals surface area contributed by atoms with Crippen LogP contribution in [0.2, 0.25) is 5.02 Å². The van der Waals surface area contributed by atoms with Gasteiger partial charge in [0.05, 0.1) is 17.5 Å². The van der Waals surface area contributed by atoms with E-state index in [0.29, 0.717) is 5.02 Å². The lowest BCUT2D eigenvalue weighted by atomic mass is 9.90. The van der Waals surface area contributed by atoms with Gasteiger partial charge in [-0.25, -0.2) is 0 Å². The summed E-state index contributed by atoms with van der Waals surface area (Å²) in [6.45, 7) is 2.03. The Kier molecular flexibility index (Phi) is 4.96. The van der Waals surface area contributed by atoms with Crippen molar-refractivity contribution in [1.82, 2.24) is 4.57 Å². The van der Waals surface area contributed by atoms with Crippen LogP contribution in [-0.2, 0) is 7.05 Å². The minimum Gasteiger partial charge on any atom is -0.311 e. The number of benzene rings is 3. The monoisotopic (exact) mass is 398 g/mol. The molecule has 0 bridgehead atoms. The summed E-state index contributed by atoms with van der Waals surface area (Å²) in [4.78, 5) is 12.5. The Bertz CT molecular complexity index is 1310. The molecule has 0 aliphatic rings. The van der Waals surface area contributed by atoms with E-state index in [1.807, 2.05) is 73.7 Å². The van der Waals surface area contributed by atoms with E-state index in [1.54, 1.807) is 17.7 Å². The number of halogens is 1. The molecule has 0 N–H and O–H groups in total. The van der Waals surface area contributed by atoms with Crippen molar-refractivity contribution in [2.75, 3.05) is 0 Å². The highest BCUT2D eigenvalue weighted by Gasteiger charge is 2.16. The van der Waals surface area contributed by atoms with Crippen molar-refractivity contribution in [3.63, 3.8) is 0 Å². The minimum absolute atomic E-state index is 0.0874. The molecular weight excluding hydrogens is 380 g/mol. The summed E-state index contributed by atoms with van der Waals surface area (Å²) >= 11 is 6.19. The van der Waals surface area contributed by atoms with E-state index in [-0.39, 0.29) is 11.5 Å². The Morgan fingerprint density at radius 3 is 2.38 bits per heavy atom.